The summed E-state index contributed by atoms with van der Waals surface area (Å²) >= 11 is 7.81. The highest BCUT2D eigenvalue weighted by atomic mass is 35.5. The smallest absolute Gasteiger partial charge is 0.264 e. The lowest BCUT2D eigenvalue weighted by atomic mass is 10.1. The minimum Gasteiger partial charge on any atom is -0.490 e. The van der Waals surface area contributed by atoms with E-state index in [0.717, 1.165) is 29.7 Å². The molecule has 3 rings (SSSR count). The van der Waals surface area contributed by atoms with E-state index in [2.05, 4.69) is 17.2 Å². The molecule has 7 heteroatoms. The number of benzene rings is 2. The number of hydrogen-bond donors (Lipinski definition) is 1. The van der Waals surface area contributed by atoms with E-state index < -0.39 is 0 Å². The van der Waals surface area contributed by atoms with Crippen molar-refractivity contribution in [3.63, 3.8) is 0 Å². The van der Waals surface area contributed by atoms with Gasteiger partial charge in [-0.2, -0.15) is 0 Å². The number of amides is 1. The Labute approximate surface area is 199 Å². The summed E-state index contributed by atoms with van der Waals surface area (Å²) in [6, 6.07) is 11.5. The quantitative estimate of drug-likeness (QED) is 0.302. The molecule has 1 aliphatic rings. The van der Waals surface area contributed by atoms with Gasteiger partial charge >= 0.3 is 0 Å². The average Bonchev–Trinajstić information content (AvgIpc) is 3.10. The Balaban J connectivity index is 1.76. The van der Waals surface area contributed by atoms with Gasteiger partial charge in [-0.25, -0.2) is 4.99 Å². The molecule has 0 aliphatic carbocycles. The van der Waals surface area contributed by atoms with Crippen LogP contribution in [0, 0.1) is 6.92 Å². The summed E-state index contributed by atoms with van der Waals surface area (Å²) in [4.78, 5) is 17.5. The highest BCUT2D eigenvalue weighted by Gasteiger charge is 2.24. The third-order valence-electron chi connectivity index (χ3n) is 4.79. The molecule has 1 fully saturated rings. The third-order valence-corrected chi connectivity index (χ3v) is 5.98. The fourth-order valence-electron chi connectivity index (χ4n) is 3.15. The molecule has 0 bridgehead atoms. The molecule has 2 aromatic rings. The number of nitrogens with zero attached hydrogens (tertiary/aromatic N) is 1. The zero-order chi connectivity index (χ0) is 22.9. The molecule has 170 valence electrons. The van der Waals surface area contributed by atoms with E-state index in [1.54, 1.807) is 12.1 Å². The number of rotatable bonds is 10. The summed E-state index contributed by atoms with van der Waals surface area (Å²) < 4.78 is 11.7. The number of carbonyl (C=O) groups is 1. The van der Waals surface area contributed by atoms with Crippen LogP contribution in [-0.4, -0.2) is 24.3 Å². The van der Waals surface area contributed by atoms with Crippen molar-refractivity contribution in [3.05, 3.63) is 57.5 Å². The molecule has 1 aliphatic heterocycles. The molecule has 0 spiro atoms. The standard InChI is InChI=1S/C25H29ClN2O3S/c1-4-6-7-8-13-31-23-20(26)14-18(15-21(23)30-5-2)16-22-24(29)28-25(32-22)27-19-11-9-17(3)10-12-19/h9-12,14-16H,4-8,13H2,1-3H3,(H,27,28,29)/b22-16+. The number of nitrogens with one attached hydrogen (secondary N) is 1. The number of aliphatic imine (C=N–C) groups is 1. The fraction of sp³-hybridized carbons (Fsp3) is 0.360. The number of aryl methyl sites for hydroxylation is 1. The minimum absolute atomic E-state index is 0.189. The second kappa shape index (κ2) is 12.0. The fourth-order valence-corrected chi connectivity index (χ4v) is 4.26. The van der Waals surface area contributed by atoms with Gasteiger partial charge in [0, 0.05) is 0 Å². The largest absolute Gasteiger partial charge is 0.490 e. The second-order valence-electron chi connectivity index (χ2n) is 7.49. The Morgan fingerprint density at radius 2 is 1.88 bits per heavy atom. The number of halogens is 1. The van der Waals surface area contributed by atoms with Gasteiger partial charge in [0.05, 0.1) is 28.8 Å². The first kappa shape index (κ1) is 24.2. The Morgan fingerprint density at radius 3 is 2.59 bits per heavy atom. The molecule has 1 amide bonds. The molecule has 0 atom stereocenters. The SMILES string of the molecule is CCCCCCOc1c(Cl)cc(/C=C2/SC(=Nc3ccc(C)cc3)NC2=O)cc1OCC. The highest BCUT2D eigenvalue weighted by Crippen LogP contribution is 2.38. The lowest BCUT2D eigenvalue weighted by Crippen LogP contribution is -2.19. The topological polar surface area (TPSA) is 59.9 Å². The summed E-state index contributed by atoms with van der Waals surface area (Å²) in [6.45, 7) is 7.20. The Morgan fingerprint density at radius 1 is 1.09 bits per heavy atom. The van der Waals surface area contributed by atoms with Gasteiger partial charge in [-0.15, -0.1) is 0 Å². The molecule has 1 saturated heterocycles. The van der Waals surface area contributed by atoms with Crippen LogP contribution in [0.25, 0.3) is 6.08 Å². The number of unbranched alkanes of at least 4 members (excludes halogenated alkanes) is 3. The Bertz CT molecular complexity index is 1000. The van der Waals surface area contributed by atoms with Gasteiger partial charge in [-0.05, 0) is 67.9 Å². The van der Waals surface area contributed by atoms with Gasteiger partial charge in [0.25, 0.3) is 5.91 Å². The molecule has 0 saturated carbocycles. The second-order valence-corrected chi connectivity index (χ2v) is 8.93. The van der Waals surface area contributed by atoms with Gasteiger partial charge < -0.3 is 14.8 Å². The van der Waals surface area contributed by atoms with Crippen molar-refractivity contribution in [1.29, 1.82) is 0 Å². The Hall–Kier alpha value is -2.44. The van der Waals surface area contributed by atoms with Gasteiger partial charge in [0.15, 0.2) is 16.7 Å². The maximum absolute atomic E-state index is 12.5. The Kier molecular flexibility index (Phi) is 9.06. The van der Waals surface area contributed by atoms with Gasteiger partial charge in [-0.1, -0.05) is 55.5 Å². The van der Waals surface area contributed by atoms with Crippen LogP contribution in [-0.2, 0) is 4.79 Å². The molecule has 1 N–H and O–H groups in total. The van der Waals surface area contributed by atoms with Gasteiger partial charge in [0.1, 0.15) is 0 Å². The van der Waals surface area contributed by atoms with E-state index in [0.29, 0.717) is 39.8 Å². The van der Waals surface area contributed by atoms with Crippen molar-refractivity contribution in [1.82, 2.24) is 5.32 Å². The number of amidine groups is 1. The first-order valence-electron chi connectivity index (χ1n) is 11.0. The van der Waals surface area contributed by atoms with Crippen molar-refractivity contribution in [2.24, 2.45) is 4.99 Å². The molecule has 2 aromatic carbocycles. The van der Waals surface area contributed by atoms with Crippen molar-refractivity contribution < 1.29 is 14.3 Å². The molecular formula is C25H29ClN2O3S. The normalized spacial score (nSPS) is 15.9. The number of ether oxygens (including phenoxy) is 2. The van der Waals surface area contributed by atoms with Crippen LogP contribution in [0.5, 0.6) is 11.5 Å². The summed E-state index contributed by atoms with van der Waals surface area (Å²) in [5.74, 6) is 0.947. The molecule has 1 heterocycles. The van der Waals surface area contributed by atoms with Crippen LogP contribution in [0.4, 0.5) is 5.69 Å². The van der Waals surface area contributed by atoms with Crippen LogP contribution in [0.3, 0.4) is 0 Å². The summed E-state index contributed by atoms with van der Waals surface area (Å²) in [5.41, 5.74) is 2.72. The molecule has 0 aromatic heterocycles. The third kappa shape index (κ3) is 6.78. The zero-order valence-electron chi connectivity index (χ0n) is 18.7. The van der Waals surface area contributed by atoms with Crippen LogP contribution in [0.1, 0.15) is 50.7 Å². The number of thioether (sulfide) groups is 1. The maximum Gasteiger partial charge on any atom is 0.264 e. The van der Waals surface area contributed by atoms with Gasteiger partial charge in [-0.3, -0.25) is 4.79 Å². The van der Waals surface area contributed by atoms with E-state index >= 15 is 0 Å². The molecule has 0 radical (unpaired) electrons. The maximum atomic E-state index is 12.5. The van der Waals surface area contributed by atoms with Gasteiger partial charge in [0.2, 0.25) is 0 Å². The van der Waals surface area contributed by atoms with Crippen LogP contribution >= 0.6 is 23.4 Å². The van der Waals surface area contributed by atoms with Crippen LogP contribution in [0.15, 0.2) is 46.3 Å². The summed E-state index contributed by atoms with van der Waals surface area (Å²) in [7, 11) is 0. The molecule has 0 unspecified atom stereocenters. The lowest BCUT2D eigenvalue weighted by molar-refractivity contribution is -0.115. The predicted octanol–water partition coefficient (Wildman–Crippen LogP) is 6.90. The van der Waals surface area contributed by atoms with E-state index in [1.807, 2.05) is 44.2 Å². The van der Waals surface area contributed by atoms with E-state index in [1.165, 1.54) is 24.6 Å². The van der Waals surface area contributed by atoms with Crippen molar-refractivity contribution in [2.75, 3.05) is 13.2 Å². The average molecular weight is 473 g/mol. The number of carbonyl (C=O) groups excluding carboxylic acids is 1. The number of hydrogen-bond acceptors (Lipinski definition) is 5. The first-order chi connectivity index (χ1) is 15.5. The van der Waals surface area contributed by atoms with Crippen LogP contribution < -0.4 is 14.8 Å². The van der Waals surface area contributed by atoms with E-state index in [4.69, 9.17) is 21.1 Å². The van der Waals surface area contributed by atoms with Crippen molar-refractivity contribution >= 4 is 46.2 Å². The van der Waals surface area contributed by atoms with E-state index in [9.17, 15) is 4.79 Å². The monoisotopic (exact) mass is 472 g/mol. The highest BCUT2D eigenvalue weighted by molar-refractivity contribution is 8.18. The predicted molar refractivity (Wildman–Crippen MR) is 134 cm³/mol. The minimum atomic E-state index is -0.189. The molecular weight excluding hydrogens is 444 g/mol. The van der Waals surface area contributed by atoms with Crippen molar-refractivity contribution in [2.45, 2.75) is 46.5 Å². The van der Waals surface area contributed by atoms with E-state index in [-0.39, 0.29) is 5.91 Å². The molecule has 5 nitrogen and oxygen atoms in total. The summed E-state index contributed by atoms with van der Waals surface area (Å²) in [5, 5.41) is 3.83. The first-order valence-corrected chi connectivity index (χ1v) is 12.1. The molecule has 32 heavy (non-hydrogen) atoms. The van der Waals surface area contributed by atoms with Crippen LogP contribution in [0.2, 0.25) is 5.02 Å². The zero-order valence-corrected chi connectivity index (χ0v) is 20.3. The lowest BCUT2D eigenvalue weighted by Gasteiger charge is -2.14. The van der Waals surface area contributed by atoms with Crippen molar-refractivity contribution in [3.8, 4) is 11.5 Å². The summed E-state index contributed by atoms with van der Waals surface area (Å²) in [6.07, 6.45) is 6.26.